The van der Waals surface area contributed by atoms with Crippen LogP contribution in [0.15, 0.2) is 40.8 Å². The molecule has 2 aromatic heterocycles. The number of carboxylic acid groups (broad SMARTS) is 1. The molecule has 214 valence electrons. The van der Waals surface area contributed by atoms with Crippen molar-refractivity contribution in [3.8, 4) is 34.8 Å². The zero-order chi connectivity index (χ0) is 29.1. The molecule has 1 atom stereocenters. The van der Waals surface area contributed by atoms with E-state index in [9.17, 15) is 14.7 Å². The van der Waals surface area contributed by atoms with E-state index in [0.29, 0.717) is 59.5 Å². The average molecular weight is 581 g/mol. The van der Waals surface area contributed by atoms with Crippen LogP contribution in [0.25, 0.3) is 22.7 Å². The summed E-state index contributed by atoms with van der Waals surface area (Å²) in [5, 5.41) is 9.88. The van der Waals surface area contributed by atoms with Gasteiger partial charge in [-0.2, -0.15) is 9.97 Å². The van der Waals surface area contributed by atoms with Crippen LogP contribution in [0.2, 0.25) is 5.02 Å². The lowest BCUT2D eigenvalue weighted by molar-refractivity contribution is -0.149. The van der Waals surface area contributed by atoms with Gasteiger partial charge in [0.1, 0.15) is 17.5 Å². The second-order valence-electron chi connectivity index (χ2n) is 9.70. The number of aromatic nitrogens is 3. The third-order valence-electron chi connectivity index (χ3n) is 6.56. The molecule has 0 saturated carbocycles. The van der Waals surface area contributed by atoms with Gasteiger partial charge in [0.25, 0.3) is 17.5 Å². The summed E-state index contributed by atoms with van der Waals surface area (Å²) in [5.41, 5.74) is 2.72. The van der Waals surface area contributed by atoms with E-state index in [2.05, 4.69) is 15.0 Å². The van der Waals surface area contributed by atoms with Crippen molar-refractivity contribution in [2.45, 2.75) is 46.1 Å². The Bertz CT molecular complexity index is 1580. The number of carbonyl (C=O) groups is 2. The Morgan fingerprint density at radius 3 is 2.61 bits per heavy atom. The van der Waals surface area contributed by atoms with Crippen molar-refractivity contribution in [2.24, 2.45) is 0 Å². The number of carboxylic acids is 1. The summed E-state index contributed by atoms with van der Waals surface area (Å²) >= 11 is 6.07. The molecule has 0 unspecified atom stereocenters. The maximum atomic E-state index is 12.7. The number of ether oxygens (including phenoxy) is 3. The van der Waals surface area contributed by atoms with Crippen LogP contribution >= 0.6 is 11.6 Å². The summed E-state index contributed by atoms with van der Waals surface area (Å²) in [5.74, 6) is 0.172. The lowest BCUT2D eigenvalue weighted by Gasteiger charge is -2.22. The van der Waals surface area contributed by atoms with Crippen LogP contribution in [-0.4, -0.2) is 62.6 Å². The highest BCUT2D eigenvalue weighted by atomic mass is 35.5. The Hall–Kier alpha value is -4.38. The highest BCUT2D eigenvalue weighted by molar-refractivity contribution is 6.30. The van der Waals surface area contributed by atoms with Crippen LogP contribution < -0.4 is 14.2 Å². The van der Waals surface area contributed by atoms with Crippen LogP contribution in [0.5, 0.6) is 23.4 Å². The summed E-state index contributed by atoms with van der Waals surface area (Å²) in [7, 11) is 0. The molecular formula is C29H29ClN4O7. The number of amides is 1. The predicted molar refractivity (Wildman–Crippen MR) is 150 cm³/mol. The number of fused-ring (bicyclic) bond motifs is 1. The molecule has 0 radical (unpaired) electrons. The highest BCUT2D eigenvalue weighted by Gasteiger charge is 2.34. The van der Waals surface area contributed by atoms with Gasteiger partial charge in [-0.05, 0) is 74.6 Å². The fraction of sp³-hybridized carbons (Fsp3) is 0.345. The molecule has 1 aliphatic rings. The molecule has 5 rings (SSSR count). The predicted octanol–water partition coefficient (Wildman–Crippen LogP) is 5.59. The van der Waals surface area contributed by atoms with Crippen molar-refractivity contribution in [2.75, 3.05) is 19.8 Å². The van der Waals surface area contributed by atoms with E-state index in [1.165, 1.54) is 4.90 Å². The standard InChI is InChI=1S/C29H29ClN4O7/c1-4-11-38-26-23-27(33-29(32-26)40-20-8-5-7-19(30)14-20)41-25(31-23)18-12-16(2)24(17(3)13-18)39-15-22(35)34-10-6-9-21(34)28(36)37/h5,7-8,12-14,21H,4,6,9-11,15H2,1-3H3,(H,36,37)/t21-/m0/s1. The van der Waals surface area contributed by atoms with E-state index >= 15 is 0 Å². The Morgan fingerprint density at radius 1 is 1.12 bits per heavy atom. The molecule has 12 heteroatoms. The Kier molecular flexibility index (Phi) is 8.25. The molecule has 1 aliphatic heterocycles. The molecule has 1 N–H and O–H groups in total. The number of carbonyl (C=O) groups excluding carboxylic acids is 1. The number of aliphatic carboxylic acids is 1. The zero-order valence-electron chi connectivity index (χ0n) is 22.8. The third-order valence-corrected chi connectivity index (χ3v) is 6.79. The fourth-order valence-corrected chi connectivity index (χ4v) is 4.90. The minimum Gasteiger partial charge on any atom is -0.483 e. The number of aryl methyl sites for hydroxylation is 2. The molecule has 3 heterocycles. The summed E-state index contributed by atoms with van der Waals surface area (Å²) in [6.45, 7) is 6.25. The normalized spacial score (nSPS) is 14.8. The van der Waals surface area contributed by atoms with Gasteiger partial charge in [-0.3, -0.25) is 4.79 Å². The van der Waals surface area contributed by atoms with E-state index in [0.717, 1.165) is 17.5 Å². The quantitative estimate of drug-likeness (QED) is 0.252. The number of halogens is 1. The molecule has 11 nitrogen and oxygen atoms in total. The monoisotopic (exact) mass is 580 g/mol. The average Bonchev–Trinajstić information content (AvgIpc) is 3.59. The van der Waals surface area contributed by atoms with Gasteiger partial charge in [-0.25, -0.2) is 9.78 Å². The molecular weight excluding hydrogens is 552 g/mol. The van der Waals surface area contributed by atoms with E-state index in [-0.39, 0.29) is 30.1 Å². The van der Waals surface area contributed by atoms with E-state index in [4.69, 9.17) is 30.2 Å². The Morgan fingerprint density at radius 2 is 1.90 bits per heavy atom. The smallest absolute Gasteiger partial charge is 0.328 e. The van der Waals surface area contributed by atoms with Gasteiger partial charge >= 0.3 is 12.0 Å². The summed E-state index contributed by atoms with van der Waals surface area (Å²) in [4.78, 5) is 38.9. The fourth-order valence-electron chi connectivity index (χ4n) is 4.72. The van der Waals surface area contributed by atoms with Crippen molar-refractivity contribution >= 4 is 34.7 Å². The van der Waals surface area contributed by atoms with Gasteiger partial charge in [0.15, 0.2) is 12.1 Å². The van der Waals surface area contributed by atoms with Crippen LogP contribution in [0.4, 0.5) is 0 Å². The van der Waals surface area contributed by atoms with E-state index < -0.39 is 12.0 Å². The molecule has 1 amide bonds. The molecule has 0 spiro atoms. The van der Waals surface area contributed by atoms with Crippen LogP contribution in [0.1, 0.15) is 37.3 Å². The van der Waals surface area contributed by atoms with Crippen molar-refractivity contribution in [1.29, 1.82) is 0 Å². The van der Waals surface area contributed by atoms with Gasteiger partial charge in [0.2, 0.25) is 5.89 Å². The molecule has 41 heavy (non-hydrogen) atoms. The minimum atomic E-state index is -0.998. The Labute approximate surface area is 241 Å². The van der Waals surface area contributed by atoms with Crippen molar-refractivity contribution < 1.29 is 33.3 Å². The number of hydrogen-bond donors (Lipinski definition) is 1. The first-order chi connectivity index (χ1) is 19.7. The summed E-state index contributed by atoms with van der Waals surface area (Å²) in [6, 6.07) is 9.75. The minimum absolute atomic E-state index is 0.0254. The van der Waals surface area contributed by atoms with E-state index in [1.807, 2.05) is 32.9 Å². The number of benzene rings is 2. The molecule has 0 aliphatic carbocycles. The molecule has 4 aromatic rings. The molecule has 0 bridgehead atoms. The zero-order valence-corrected chi connectivity index (χ0v) is 23.6. The third kappa shape index (κ3) is 6.19. The van der Waals surface area contributed by atoms with Crippen molar-refractivity contribution in [3.05, 3.63) is 52.5 Å². The highest BCUT2D eigenvalue weighted by Crippen LogP contribution is 2.34. The number of nitrogens with zero attached hydrogens (tertiary/aromatic N) is 4. The Balaban J connectivity index is 1.40. The van der Waals surface area contributed by atoms with Crippen LogP contribution in [0, 0.1) is 13.8 Å². The number of oxazole rings is 1. The largest absolute Gasteiger partial charge is 0.483 e. The molecule has 1 fully saturated rings. The first-order valence-electron chi connectivity index (χ1n) is 13.2. The maximum absolute atomic E-state index is 12.7. The van der Waals surface area contributed by atoms with Crippen molar-refractivity contribution in [3.63, 3.8) is 0 Å². The number of likely N-dealkylation sites (tertiary alicyclic amines) is 1. The second-order valence-corrected chi connectivity index (χ2v) is 10.1. The van der Waals surface area contributed by atoms with Crippen molar-refractivity contribution in [1.82, 2.24) is 19.9 Å². The lowest BCUT2D eigenvalue weighted by atomic mass is 10.1. The van der Waals surface area contributed by atoms with Crippen LogP contribution in [0.3, 0.4) is 0 Å². The van der Waals surface area contributed by atoms with Gasteiger partial charge < -0.3 is 28.6 Å². The SMILES string of the molecule is CCCOc1nc(Oc2cccc(Cl)c2)nc2oc(-c3cc(C)c(OCC(=O)N4CCC[C@H]4C(=O)O)c(C)c3)nc12. The van der Waals surface area contributed by atoms with E-state index in [1.54, 1.807) is 24.3 Å². The number of hydrogen-bond acceptors (Lipinski definition) is 9. The van der Waals surface area contributed by atoms with Gasteiger partial charge in [-0.15, -0.1) is 0 Å². The summed E-state index contributed by atoms with van der Waals surface area (Å²) in [6.07, 6.45) is 1.86. The summed E-state index contributed by atoms with van der Waals surface area (Å²) < 4.78 is 23.5. The lowest BCUT2D eigenvalue weighted by Crippen LogP contribution is -2.42. The maximum Gasteiger partial charge on any atom is 0.328 e. The topological polar surface area (TPSA) is 137 Å². The van der Waals surface area contributed by atoms with Gasteiger partial charge in [-0.1, -0.05) is 24.6 Å². The number of rotatable bonds is 10. The second kappa shape index (κ2) is 12.0. The molecule has 2 aromatic carbocycles. The van der Waals surface area contributed by atoms with Gasteiger partial charge in [0, 0.05) is 17.1 Å². The first kappa shape index (κ1) is 28.2. The first-order valence-corrected chi connectivity index (χ1v) is 13.6. The van der Waals surface area contributed by atoms with Gasteiger partial charge in [0.05, 0.1) is 6.61 Å². The molecule has 1 saturated heterocycles. The van der Waals surface area contributed by atoms with Crippen LogP contribution in [-0.2, 0) is 9.59 Å².